The molecule has 0 spiro atoms. The van der Waals surface area contributed by atoms with Gasteiger partial charge < -0.3 is 5.32 Å². The Labute approximate surface area is 137 Å². The summed E-state index contributed by atoms with van der Waals surface area (Å²) in [5.74, 6) is -0.197. The summed E-state index contributed by atoms with van der Waals surface area (Å²) < 4.78 is 0. The summed E-state index contributed by atoms with van der Waals surface area (Å²) in [6.07, 6.45) is 3.50. The first-order valence-electron chi connectivity index (χ1n) is 7.25. The maximum Gasteiger partial charge on any atom is 0.267 e. The highest BCUT2D eigenvalue weighted by Gasteiger charge is 2.11. The van der Waals surface area contributed by atoms with E-state index in [1.807, 2.05) is 11.4 Å². The van der Waals surface area contributed by atoms with E-state index in [1.165, 1.54) is 22.7 Å². The molecule has 0 bridgehead atoms. The largest absolute Gasteiger partial charge is 0.356 e. The average molecular weight is 337 g/mol. The van der Waals surface area contributed by atoms with E-state index in [1.54, 1.807) is 11.4 Å². The zero-order chi connectivity index (χ0) is 15.8. The summed E-state index contributed by atoms with van der Waals surface area (Å²) in [6.45, 7) is 2.84. The molecule has 0 aliphatic rings. The molecule has 22 heavy (non-hydrogen) atoms. The van der Waals surface area contributed by atoms with Crippen LogP contribution in [0.3, 0.4) is 0 Å². The minimum absolute atomic E-state index is 0.0301. The number of nitrogens with one attached hydrogen (secondary N) is 2. The molecule has 2 N–H and O–H groups in total. The molecular weight excluding hydrogens is 318 g/mol. The van der Waals surface area contributed by atoms with Gasteiger partial charge in [-0.15, -0.1) is 22.7 Å². The number of hydrogen-bond acceptors (Lipinski definition) is 5. The molecule has 2 aromatic rings. The van der Waals surface area contributed by atoms with Crippen molar-refractivity contribution in [1.82, 2.24) is 10.3 Å². The number of anilines is 1. The molecule has 0 aromatic carbocycles. The van der Waals surface area contributed by atoms with Gasteiger partial charge in [0.05, 0.1) is 17.0 Å². The maximum atomic E-state index is 11.9. The van der Waals surface area contributed by atoms with Crippen LogP contribution < -0.4 is 10.6 Å². The van der Waals surface area contributed by atoms with Crippen LogP contribution in [-0.4, -0.2) is 23.3 Å². The molecule has 2 aromatic heterocycles. The molecule has 118 valence electrons. The fraction of sp³-hybridized carbons (Fsp3) is 0.400. The van der Waals surface area contributed by atoms with E-state index < -0.39 is 0 Å². The summed E-state index contributed by atoms with van der Waals surface area (Å²) in [5, 5.41) is 9.80. The fourth-order valence-electron chi connectivity index (χ4n) is 1.84. The minimum atomic E-state index is -0.167. The Morgan fingerprint density at radius 2 is 2.14 bits per heavy atom. The topological polar surface area (TPSA) is 71.1 Å². The molecule has 2 heterocycles. The van der Waals surface area contributed by atoms with Crippen LogP contribution in [0, 0.1) is 0 Å². The summed E-state index contributed by atoms with van der Waals surface area (Å²) in [4.78, 5) is 28.6. The van der Waals surface area contributed by atoms with E-state index in [0.717, 1.165) is 19.3 Å². The second-order valence-electron chi connectivity index (χ2n) is 4.81. The van der Waals surface area contributed by atoms with Gasteiger partial charge in [0, 0.05) is 11.9 Å². The first kappa shape index (κ1) is 16.6. The third kappa shape index (κ3) is 5.23. The Balaban J connectivity index is 1.78. The number of carbonyl (C=O) groups is 2. The van der Waals surface area contributed by atoms with Gasteiger partial charge in [-0.25, -0.2) is 4.98 Å². The standard InChI is InChI=1S/C15H19N3O2S2/c1-2-3-4-7-16-13(19)9-11-10-22-15(17-11)18-14(20)12-6-5-8-21-12/h5-6,8,10H,2-4,7,9H2,1H3,(H,16,19)(H,17,18,20). The van der Waals surface area contributed by atoms with Crippen molar-refractivity contribution in [3.63, 3.8) is 0 Å². The van der Waals surface area contributed by atoms with Gasteiger partial charge in [-0.05, 0) is 17.9 Å². The number of nitrogens with zero attached hydrogens (tertiary/aromatic N) is 1. The summed E-state index contributed by atoms with van der Waals surface area (Å²) >= 11 is 2.71. The van der Waals surface area contributed by atoms with Crippen LogP contribution >= 0.6 is 22.7 Å². The van der Waals surface area contributed by atoms with Gasteiger partial charge in [-0.2, -0.15) is 0 Å². The number of unbranched alkanes of at least 4 members (excludes halogenated alkanes) is 2. The fourth-order valence-corrected chi connectivity index (χ4v) is 3.17. The monoisotopic (exact) mass is 337 g/mol. The lowest BCUT2D eigenvalue weighted by Crippen LogP contribution is -2.26. The number of amides is 2. The molecule has 0 aliphatic heterocycles. The number of aromatic nitrogens is 1. The molecule has 2 rings (SSSR count). The van der Waals surface area contributed by atoms with Crippen LogP contribution in [0.1, 0.15) is 41.6 Å². The molecule has 0 fully saturated rings. The summed E-state index contributed by atoms with van der Waals surface area (Å²) in [7, 11) is 0. The Morgan fingerprint density at radius 3 is 2.86 bits per heavy atom. The number of thiophene rings is 1. The van der Waals surface area contributed by atoms with E-state index in [9.17, 15) is 9.59 Å². The number of carbonyl (C=O) groups excluding carboxylic acids is 2. The Hall–Kier alpha value is -1.73. The second kappa shape index (κ2) is 8.65. The van der Waals surface area contributed by atoms with E-state index in [-0.39, 0.29) is 18.2 Å². The van der Waals surface area contributed by atoms with Gasteiger partial charge in [0.2, 0.25) is 5.91 Å². The molecule has 0 unspecified atom stereocenters. The van der Waals surface area contributed by atoms with Gasteiger partial charge in [-0.3, -0.25) is 14.9 Å². The van der Waals surface area contributed by atoms with Crippen molar-refractivity contribution in [2.24, 2.45) is 0 Å². The predicted octanol–water partition coefficient (Wildman–Crippen LogP) is 3.31. The quantitative estimate of drug-likeness (QED) is 0.726. The molecule has 0 saturated heterocycles. The third-order valence-electron chi connectivity index (χ3n) is 2.96. The van der Waals surface area contributed by atoms with Crippen LogP contribution in [0.15, 0.2) is 22.9 Å². The predicted molar refractivity (Wildman–Crippen MR) is 90.6 cm³/mol. The Kier molecular flexibility index (Phi) is 6.54. The van der Waals surface area contributed by atoms with Crippen LogP contribution in [0.5, 0.6) is 0 Å². The molecule has 0 radical (unpaired) electrons. The van der Waals surface area contributed by atoms with Crippen molar-refractivity contribution in [3.8, 4) is 0 Å². The van der Waals surface area contributed by atoms with Crippen molar-refractivity contribution >= 4 is 39.6 Å². The van der Waals surface area contributed by atoms with Crippen molar-refractivity contribution in [2.45, 2.75) is 32.6 Å². The van der Waals surface area contributed by atoms with E-state index in [2.05, 4.69) is 22.5 Å². The van der Waals surface area contributed by atoms with Crippen molar-refractivity contribution in [2.75, 3.05) is 11.9 Å². The highest BCUT2D eigenvalue weighted by molar-refractivity contribution is 7.14. The van der Waals surface area contributed by atoms with Crippen LogP contribution in [0.4, 0.5) is 5.13 Å². The number of rotatable bonds is 8. The van der Waals surface area contributed by atoms with Crippen molar-refractivity contribution in [1.29, 1.82) is 0 Å². The minimum Gasteiger partial charge on any atom is -0.356 e. The Morgan fingerprint density at radius 1 is 1.27 bits per heavy atom. The zero-order valence-corrected chi connectivity index (χ0v) is 14.1. The lowest BCUT2D eigenvalue weighted by atomic mass is 10.2. The zero-order valence-electron chi connectivity index (χ0n) is 12.4. The summed E-state index contributed by atoms with van der Waals surface area (Å²) in [6, 6.07) is 3.59. The van der Waals surface area contributed by atoms with Crippen LogP contribution in [0.25, 0.3) is 0 Å². The molecule has 0 aliphatic carbocycles. The lowest BCUT2D eigenvalue weighted by Gasteiger charge is -2.02. The molecular formula is C15H19N3O2S2. The van der Waals surface area contributed by atoms with Gasteiger partial charge in [0.1, 0.15) is 0 Å². The van der Waals surface area contributed by atoms with E-state index in [0.29, 0.717) is 22.2 Å². The first-order chi connectivity index (χ1) is 10.7. The Bertz CT molecular complexity index is 608. The normalized spacial score (nSPS) is 10.4. The van der Waals surface area contributed by atoms with Gasteiger partial charge in [0.25, 0.3) is 5.91 Å². The lowest BCUT2D eigenvalue weighted by molar-refractivity contribution is -0.120. The molecule has 7 heteroatoms. The van der Waals surface area contributed by atoms with E-state index in [4.69, 9.17) is 0 Å². The highest BCUT2D eigenvalue weighted by Crippen LogP contribution is 2.18. The van der Waals surface area contributed by atoms with Crippen LogP contribution in [-0.2, 0) is 11.2 Å². The second-order valence-corrected chi connectivity index (χ2v) is 6.62. The number of thiazole rings is 1. The average Bonchev–Trinajstić information content (AvgIpc) is 3.15. The van der Waals surface area contributed by atoms with Gasteiger partial charge in [-0.1, -0.05) is 25.8 Å². The van der Waals surface area contributed by atoms with Crippen LogP contribution in [0.2, 0.25) is 0 Å². The summed E-state index contributed by atoms with van der Waals surface area (Å²) in [5.41, 5.74) is 0.680. The molecule has 0 atom stereocenters. The van der Waals surface area contributed by atoms with E-state index >= 15 is 0 Å². The maximum absolute atomic E-state index is 11.9. The molecule has 5 nitrogen and oxygen atoms in total. The highest BCUT2D eigenvalue weighted by atomic mass is 32.1. The molecule has 0 saturated carbocycles. The third-order valence-corrected chi connectivity index (χ3v) is 4.64. The molecule has 2 amide bonds. The van der Waals surface area contributed by atoms with Gasteiger partial charge in [0.15, 0.2) is 5.13 Å². The van der Waals surface area contributed by atoms with Crippen molar-refractivity contribution < 1.29 is 9.59 Å². The van der Waals surface area contributed by atoms with Gasteiger partial charge >= 0.3 is 0 Å². The smallest absolute Gasteiger partial charge is 0.267 e. The number of hydrogen-bond donors (Lipinski definition) is 2. The first-order valence-corrected chi connectivity index (χ1v) is 9.01. The SMILES string of the molecule is CCCCCNC(=O)Cc1csc(NC(=O)c2cccs2)n1. The van der Waals surface area contributed by atoms with Crippen molar-refractivity contribution in [3.05, 3.63) is 33.5 Å².